The minimum absolute atomic E-state index is 0.733. The summed E-state index contributed by atoms with van der Waals surface area (Å²) in [5, 5.41) is 4.07. The molecular weight excluding hydrogens is 348 g/mol. The van der Waals surface area contributed by atoms with Gasteiger partial charge < -0.3 is 9.42 Å². The summed E-state index contributed by atoms with van der Waals surface area (Å²) < 4.78 is 5.52. The van der Waals surface area contributed by atoms with E-state index in [2.05, 4.69) is 32.1 Å². The molecule has 0 aromatic carbocycles. The lowest BCUT2D eigenvalue weighted by atomic mass is 9.90. The third-order valence-corrected chi connectivity index (χ3v) is 6.34. The zero-order valence-corrected chi connectivity index (χ0v) is 17.2. The van der Waals surface area contributed by atoms with Gasteiger partial charge in [-0.15, -0.1) is 0 Å². The van der Waals surface area contributed by atoms with E-state index in [0.29, 0.717) is 0 Å². The molecule has 0 unspecified atom stereocenters. The highest BCUT2D eigenvalue weighted by atomic mass is 16.5. The zero-order valence-electron chi connectivity index (χ0n) is 17.2. The summed E-state index contributed by atoms with van der Waals surface area (Å²) in [5.41, 5.74) is 2.22. The third kappa shape index (κ3) is 5.42. The van der Waals surface area contributed by atoms with Crippen molar-refractivity contribution in [1.82, 2.24) is 19.9 Å². The predicted octanol–water partition coefficient (Wildman–Crippen LogP) is 4.42. The van der Waals surface area contributed by atoms with E-state index in [1.807, 2.05) is 25.4 Å². The van der Waals surface area contributed by atoms with Gasteiger partial charge in [0.25, 0.3) is 0 Å². The molecule has 0 radical (unpaired) electrons. The molecule has 2 aromatic rings. The Morgan fingerprint density at radius 3 is 2.79 bits per heavy atom. The Bertz CT molecular complexity index is 710. The van der Waals surface area contributed by atoms with Gasteiger partial charge in [0.2, 0.25) is 0 Å². The van der Waals surface area contributed by atoms with Crippen LogP contribution >= 0.6 is 0 Å². The van der Waals surface area contributed by atoms with Crippen LogP contribution in [0.4, 0.5) is 0 Å². The second kappa shape index (κ2) is 9.66. The molecule has 152 valence electrons. The quantitative estimate of drug-likeness (QED) is 0.709. The summed E-state index contributed by atoms with van der Waals surface area (Å²) in [7, 11) is 0. The fourth-order valence-electron chi connectivity index (χ4n) is 5.04. The highest BCUT2D eigenvalue weighted by Crippen LogP contribution is 2.28. The van der Waals surface area contributed by atoms with Crippen LogP contribution in [0.25, 0.3) is 0 Å². The van der Waals surface area contributed by atoms with E-state index in [4.69, 9.17) is 4.52 Å². The Morgan fingerprint density at radius 2 is 2.04 bits per heavy atom. The van der Waals surface area contributed by atoms with Crippen LogP contribution in [0.5, 0.6) is 0 Å². The highest BCUT2D eigenvalue weighted by Gasteiger charge is 2.28. The van der Waals surface area contributed by atoms with Crippen molar-refractivity contribution in [2.24, 2.45) is 5.92 Å². The normalized spacial score (nSPS) is 22.0. The second-order valence-corrected chi connectivity index (χ2v) is 8.76. The third-order valence-electron chi connectivity index (χ3n) is 6.34. The monoisotopic (exact) mass is 382 g/mol. The van der Waals surface area contributed by atoms with Crippen molar-refractivity contribution in [3.8, 4) is 0 Å². The molecule has 3 heterocycles. The fraction of sp³-hybridized carbons (Fsp3) is 0.652. The zero-order chi connectivity index (χ0) is 19.2. The topological polar surface area (TPSA) is 45.4 Å². The van der Waals surface area contributed by atoms with E-state index >= 15 is 0 Å². The van der Waals surface area contributed by atoms with E-state index in [1.165, 1.54) is 63.6 Å². The lowest BCUT2D eigenvalue weighted by molar-refractivity contribution is 0.0750. The fourth-order valence-corrected chi connectivity index (χ4v) is 5.04. The lowest BCUT2D eigenvalue weighted by Gasteiger charge is -2.41. The first-order chi connectivity index (χ1) is 13.8. The van der Waals surface area contributed by atoms with Crippen molar-refractivity contribution in [2.45, 2.75) is 71.0 Å². The van der Waals surface area contributed by atoms with E-state index in [-0.39, 0.29) is 0 Å². The number of pyridine rings is 1. The van der Waals surface area contributed by atoms with Crippen molar-refractivity contribution in [3.63, 3.8) is 0 Å². The molecule has 5 heteroatoms. The van der Waals surface area contributed by atoms with Gasteiger partial charge in [-0.05, 0) is 56.7 Å². The van der Waals surface area contributed by atoms with E-state index < -0.39 is 0 Å². The van der Waals surface area contributed by atoms with Crippen molar-refractivity contribution < 1.29 is 4.52 Å². The van der Waals surface area contributed by atoms with Gasteiger partial charge in [-0.2, -0.15) is 0 Å². The standard InChI is InChI=1S/C23H34N4O/c1-19-13-23(28-25-19)18-26(15-20-7-5-11-24-14-20)16-21-8-6-12-27(17-21)22-9-3-2-4-10-22/h5,7,11,13-14,21-22H,2-4,6,8-10,12,15-18H2,1H3/t21-/m1/s1. The second-order valence-electron chi connectivity index (χ2n) is 8.76. The van der Waals surface area contributed by atoms with Crippen LogP contribution in [-0.2, 0) is 13.1 Å². The summed E-state index contributed by atoms with van der Waals surface area (Å²) in [6, 6.07) is 7.09. The Balaban J connectivity index is 1.40. The smallest absolute Gasteiger partial charge is 0.150 e. The molecule has 0 bridgehead atoms. The first kappa shape index (κ1) is 19.6. The Hall–Kier alpha value is -1.72. The van der Waals surface area contributed by atoms with Gasteiger partial charge in [-0.3, -0.25) is 9.88 Å². The molecule has 1 atom stereocenters. The largest absolute Gasteiger partial charge is 0.360 e. The minimum Gasteiger partial charge on any atom is -0.360 e. The molecule has 4 rings (SSSR count). The average molecular weight is 383 g/mol. The average Bonchev–Trinajstić information content (AvgIpc) is 3.14. The molecule has 0 spiro atoms. The van der Waals surface area contributed by atoms with Crippen molar-refractivity contribution in [1.29, 1.82) is 0 Å². The molecular formula is C23H34N4O. The van der Waals surface area contributed by atoms with Crippen LogP contribution in [0.15, 0.2) is 35.1 Å². The number of hydrogen-bond donors (Lipinski definition) is 0. The maximum Gasteiger partial charge on any atom is 0.150 e. The van der Waals surface area contributed by atoms with E-state index in [1.54, 1.807) is 0 Å². The SMILES string of the molecule is Cc1cc(CN(Cc2cccnc2)C[C@H]2CCCN(C3CCCCC3)C2)on1. The van der Waals surface area contributed by atoms with Crippen LogP contribution in [0.1, 0.15) is 62.0 Å². The van der Waals surface area contributed by atoms with Crippen LogP contribution in [0.2, 0.25) is 0 Å². The number of hydrogen-bond acceptors (Lipinski definition) is 5. The summed E-state index contributed by atoms with van der Waals surface area (Å²) in [6.45, 7) is 7.37. The number of rotatable bonds is 7. The highest BCUT2D eigenvalue weighted by molar-refractivity contribution is 5.09. The summed E-state index contributed by atoms with van der Waals surface area (Å²) in [4.78, 5) is 9.62. The summed E-state index contributed by atoms with van der Waals surface area (Å²) in [6.07, 6.45) is 13.6. The first-order valence-corrected chi connectivity index (χ1v) is 11.0. The molecule has 1 saturated carbocycles. The number of aryl methyl sites for hydroxylation is 1. The minimum atomic E-state index is 0.733. The number of aromatic nitrogens is 2. The summed E-state index contributed by atoms with van der Waals surface area (Å²) in [5.74, 6) is 1.69. The van der Waals surface area contributed by atoms with Gasteiger partial charge in [0.1, 0.15) is 0 Å². The van der Waals surface area contributed by atoms with Gasteiger partial charge in [0.15, 0.2) is 5.76 Å². The van der Waals surface area contributed by atoms with Gasteiger partial charge in [-0.25, -0.2) is 0 Å². The Kier molecular flexibility index (Phi) is 6.76. The molecule has 1 aliphatic heterocycles. The number of likely N-dealkylation sites (tertiary alicyclic amines) is 1. The maximum absolute atomic E-state index is 5.52. The predicted molar refractivity (Wildman–Crippen MR) is 111 cm³/mol. The van der Waals surface area contributed by atoms with Crippen molar-refractivity contribution >= 4 is 0 Å². The first-order valence-electron chi connectivity index (χ1n) is 11.0. The summed E-state index contributed by atoms with van der Waals surface area (Å²) >= 11 is 0. The van der Waals surface area contributed by atoms with Crippen molar-refractivity contribution in [2.75, 3.05) is 19.6 Å². The molecule has 2 aliphatic rings. The Morgan fingerprint density at radius 1 is 1.14 bits per heavy atom. The molecule has 5 nitrogen and oxygen atoms in total. The van der Waals surface area contributed by atoms with Gasteiger partial charge in [-0.1, -0.05) is 30.5 Å². The van der Waals surface area contributed by atoms with E-state index in [0.717, 1.165) is 43.0 Å². The van der Waals surface area contributed by atoms with Crippen molar-refractivity contribution in [3.05, 3.63) is 47.6 Å². The van der Waals surface area contributed by atoms with Gasteiger partial charge in [0, 0.05) is 44.1 Å². The number of piperidine rings is 1. The van der Waals surface area contributed by atoms with Crippen LogP contribution < -0.4 is 0 Å². The Labute approximate surface area is 169 Å². The molecule has 0 N–H and O–H groups in total. The molecule has 1 saturated heterocycles. The number of nitrogens with zero attached hydrogens (tertiary/aromatic N) is 4. The van der Waals surface area contributed by atoms with Crippen LogP contribution in [-0.4, -0.2) is 45.6 Å². The van der Waals surface area contributed by atoms with Crippen LogP contribution in [0, 0.1) is 12.8 Å². The molecule has 2 aromatic heterocycles. The maximum atomic E-state index is 5.52. The molecule has 0 amide bonds. The molecule has 1 aliphatic carbocycles. The van der Waals surface area contributed by atoms with E-state index in [9.17, 15) is 0 Å². The van der Waals surface area contributed by atoms with Gasteiger partial charge >= 0.3 is 0 Å². The van der Waals surface area contributed by atoms with Crippen LogP contribution in [0.3, 0.4) is 0 Å². The lowest BCUT2D eigenvalue weighted by Crippen LogP contribution is -2.46. The van der Waals surface area contributed by atoms with Gasteiger partial charge in [0.05, 0.1) is 12.2 Å². The molecule has 2 fully saturated rings. The molecule has 28 heavy (non-hydrogen) atoms.